The van der Waals surface area contributed by atoms with Crippen LogP contribution < -0.4 is 5.32 Å². The molecular weight excluding hydrogens is 276 g/mol. The molecule has 0 bridgehead atoms. The van der Waals surface area contributed by atoms with Gasteiger partial charge >= 0.3 is 5.97 Å². The van der Waals surface area contributed by atoms with Gasteiger partial charge in [0.25, 0.3) is 5.22 Å². The van der Waals surface area contributed by atoms with Crippen molar-refractivity contribution in [2.75, 3.05) is 12.4 Å². The molecule has 1 aromatic heterocycles. The Morgan fingerprint density at radius 1 is 1.65 bits per heavy atom. The molecule has 0 amide bonds. The second-order valence-corrected chi connectivity index (χ2v) is 6.28. The number of aromatic nitrogens is 1. The highest BCUT2D eigenvalue weighted by Crippen LogP contribution is 2.43. The van der Waals surface area contributed by atoms with Gasteiger partial charge in [0.15, 0.2) is 0 Å². The van der Waals surface area contributed by atoms with Crippen molar-refractivity contribution in [3.63, 3.8) is 0 Å². The summed E-state index contributed by atoms with van der Waals surface area (Å²) in [6.45, 7) is 6.33. The van der Waals surface area contributed by atoms with Crippen LogP contribution in [-0.4, -0.2) is 34.9 Å². The molecule has 1 N–H and O–H groups in total. The number of rotatable bonds is 8. The van der Waals surface area contributed by atoms with E-state index in [1.165, 1.54) is 11.8 Å². The highest BCUT2D eigenvalue weighted by molar-refractivity contribution is 7.99. The van der Waals surface area contributed by atoms with Crippen molar-refractivity contribution in [1.29, 1.82) is 0 Å². The molecule has 0 radical (unpaired) electrons. The van der Waals surface area contributed by atoms with Gasteiger partial charge in [0.2, 0.25) is 0 Å². The summed E-state index contributed by atoms with van der Waals surface area (Å²) in [6, 6.07) is 0.213. The van der Waals surface area contributed by atoms with Crippen molar-refractivity contribution >= 4 is 17.7 Å². The van der Waals surface area contributed by atoms with Gasteiger partial charge in [-0.2, -0.15) is 0 Å². The lowest BCUT2D eigenvalue weighted by atomic mass is 9.94. The quantitative estimate of drug-likeness (QED) is 0.587. The highest BCUT2D eigenvalue weighted by atomic mass is 32.2. The van der Waals surface area contributed by atoms with Crippen molar-refractivity contribution in [3.8, 4) is 0 Å². The van der Waals surface area contributed by atoms with Crippen LogP contribution in [0.15, 0.2) is 22.1 Å². The fraction of sp³-hybridized carbons (Fsp3) is 0.714. The summed E-state index contributed by atoms with van der Waals surface area (Å²) in [5.74, 6) is 0.761. The first-order valence-corrected chi connectivity index (χ1v) is 8.04. The smallest absolute Gasteiger partial charge is 0.327 e. The lowest BCUT2D eigenvalue weighted by molar-refractivity contribution is -0.151. The number of nitrogens with one attached hydrogen (secondary N) is 1. The van der Waals surface area contributed by atoms with E-state index >= 15 is 0 Å². The van der Waals surface area contributed by atoms with E-state index in [2.05, 4.69) is 10.3 Å². The Hall–Kier alpha value is -1.01. The van der Waals surface area contributed by atoms with Crippen LogP contribution in [-0.2, 0) is 9.53 Å². The van der Waals surface area contributed by atoms with E-state index in [9.17, 15) is 4.79 Å². The number of carbonyl (C=O) groups excluding carboxylic acids is 1. The van der Waals surface area contributed by atoms with E-state index in [1.807, 2.05) is 20.8 Å². The number of nitrogens with zero attached hydrogens (tertiary/aromatic N) is 1. The molecule has 0 saturated heterocycles. The summed E-state index contributed by atoms with van der Waals surface area (Å²) in [5, 5.41) is 4.03. The second-order valence-electron chi connectivity index (χ2n) is 5.35. The Balaban J connectivity index is 2.13. The predicted molar refractivity (Wildman–Crippen MR) is 77.6 cm³/mol. The zero-order chi connectivity index (χ0) is 14.6. The fourth-order valence-corrected chi connectivity index (χ4v) is 3.42. The molecule has 5 nitrogen and oxygen atoms in total. The topological polar surface area (TPSA) is 64.4 Å². The molecule has 6 heteroatoms. The minimum Gasteiger partial charge on any atom is -0.465 e. The maximum absolute atomic E-state index is 12.5. The van der Waals surface area contributed by atoms with Crippen molar-refractivity contribution < 1.29 is 13.9 Å². The van der Waals surface area contributed by atoms with E-state index in [0.29, 0.717) is 23.5 Å². The van der Waals surface area contributed by atoms with Crippen LogP contribution in [0.1, 0.15) is 33.6 Å². The maximum atomic E-state index is 12.5. The van der Waals surface area contributed by atoms with E-state index in [0.717, 1.165) is 12.8 Å². The maximum Gasteiger partial charge on any atom is 0.327 e. The number of thioether (sulfide) groups is 1. The van der Waals surface area contributed by atoms with E-state index in [1.54, 1.807) is 12.5 Å². The summed E-state index contributed by atoms with van der Waals surface area (Å²) in [4.78, 5) is 16.6. The van der Waals surface area contributed by atoms with E-state index in [4.69, 9.17) is 9.15 Å². The predicted octanol–water partition coefficient (Wildman–Crippen LogP) is 2.48. The first kappa shape index (κ1) is 15.4. The minimum atomic E-state index is -0.636. The number of ether oxygens (including phenoxy) is 1. The van der Waals surface area contributed by atoms with Crippen LogP contribution >= 0.6 is 11.8 Å². The molecule has 20 heavy (non-hydrogen) atoms. The summed E-state index contributed by atoms with van der Waals surface area (Å²) >= 11 is 1.46. The molecule has 1 atom stereocenters. The molecule has 1 fully saturated rings. The molecule has 0 aromatic carbocycles. The number of hydrogen-bond acceptors (Lipinski definition) is 6. The average Bonchev–Trinajstić information content (AvgIpc) is 3.12. The Bertz CT molecular complexity index is 432. The first-order chi connectivity index (χ1) is 9.58. The molecule has 1 saturated carbocycles. The standard InChI is InChI=1S/C14H22N2O3S/c1-4-18-12(17)14(11-5-6-11,16-10(2)3)9-20-13-15-7-8-19-13/h7-8,10-11,16H,4-6,9H2,1-3H3. The minimum absolute atomic E-state index is 0.157. The van der Waals surface area contributed by atoms with Gasteiger partial charge in [-0.1, -0.05) is 11.8 Å². The molecular formula is C14H22N2O3S. The van der Waals surface area contributed by atoms with Gasteiger partial charge in [0.1, 0.15) is 11.8 Å². The van der Waals surface area contributed by atoms with Gasteiger partial charge < -0.3 is 9.15 Å². The SMILES string of the molecule is CCOC(=O)C(CSc1ncco1)(NC(C)C)C1CC1. The zero-order valence-corrected chi connectivity index (χ0v) is 13.0. The molecule has 0 spiro atoms. The monoisotopic (exact) mass is 298 g/mol. The van der Waals surface area contributed by atoms with Crippen LogP contribution in [0.4, 0.5) is 0 Å². The summed E-state index contributed by atoms with van der Waals surface area (Å²) in [7, 11) is 0. The summed E-state index contributed by atoms with van der Waals surface area (Å²) in [6.07, 6.45) is 5.28. The van der Waals surface area contributed by atoms with Crippen molar-refractivity contribution in [1.82, 2.24) is 10.3 Å². The number of carbonyl (C=O) groups is 1. The number of hydrogen-bond donors (Lipinski definition) is 1. The molecule has 1 aromatic rings. The van der Waals surface area contributed by atoms with Crippen LogP contribution in [0.3, 0.4) is 0 Å². The third-order valence-electron chi connectivity index (χ3n) is 3.29. The highest BCUT2D eigenvalue weighted by Gasteiger charge is 2.52. The number of oxazole rings is 1. The summed E-state index contributed by atoms with van der Waals surface area (Å²) < 4.78 is 10.6. The lowest BCUT2D eigenvalue weighted by Crippen LogP contribution is -2.59. The van der Waals surface area contributed by atoms with Crippen LogP contribution in [0.25, 0.3) is 0 Å². The fourth-order valence-electron chi connectivity index (χ4n) is 2.37. The molecule has 2 rings (SSSR count). The van der Waals surface area contributed by atoms with E-state index in [-0.39, 0.29) is 12.0 Å². The third kappa shape index (κ3) is 3.55. The molecule has 1 aliphatic rings. The van der Waals surface area contributed by atoms with Crippen molar-refractivity contribution in [2.24, 2.45) is 5.92 Å². The average molecular weight is 298 g/mol. The van der Waals surface area contributed by atoms with Gasteiger partial charge in [-0.3, -0.25) is 10.1 Å². The molecule has 112 valence electrons. The normalized spacial score (nSPS) is 18.0. The zero-order valence-electron chi connectivity index (χ0n) is 12.2. The van der Waals surface area contributed by atoms with Gasteiger partial charge in [0.05, 0.1) is 12.8 Å². The van der Waals surface area contributed by atoms with E-state index < -0.39 is 5.54 Å². The molecule has 1 aliphatic carbocycles. The van der Waals surface area contributed by atoms with Crippen LogP contribution in [0.5, 0.6) is 0 Å². The molecule has 1 unspecified atom stereocenters. The Morgan fingerprint density at radius 3 is 2.90 bits per heavy atom. The van der Waals surface area contributed by atoms with Gasteiger partial charge in [0, 0.05) is 11.8 Å². The van der Waals surface area contributed by atoms with Gasteiger partial charge in [-0.25, -0.2) is 4.98 Å². The first-order valence-electron chi connectivity index (χ1n) is 7.05. The Labute approximate surface area is 123 Å². The molecule has 1 heterocycles. The largest absolute Gasteiger partial charge is 0.465 e. The van der Waals surface area contributed by atoms with Crippen molar-refractivity contribution in [2.45, 2.75) is 50.4 Å². The Morgan fingerprint density at radius 2 is 2.40 bits per heavy atom. The number of esters is 1. The van der Waals surface area contributed by atoms with Crippen molar-refractivity contribution in [3.05, 3.63) is 12.5 Å². The van der Waals surface area contributed by atoms with Gasteiger partial charge in [-0.05, 0) is 39.5 Å². The van der Waals surface area contributed by atoms with Crippen LogP contribution in [0.2, 0.25) is 0 Å². The third-order valence-corrected chi connectivity index (χ3v) is 4.34. The lowest BCUT2D eigenvalue weighted by Gasteiger charge is -2.34. The summed E-state index contributed by atoms with van der Waals surface area (Å²) in [5.41, 5.74) is -0.636. The van der Waals surface area contributed by atoms with Gasteiger partial charge in [-0.15, -0.1) is 0 Å². The van der Waals surface area contributed by atoms with Crippen LogP contribution in [0, 0.1) is 5.92 Å². The second kappa shape index (κ2) is 6.63. The molecule has 0 aliphatic heterocycles. The Kier molecular flexibility index (Phi) is 5.10.